The monoisotopic (exact) mass is 171 g/mol. The van der Waals surface area contributed by atoms with Crippen molar-refractivity contribution in [1.82, 2.24) is 0 Å². The zero-order chi connectivity index (χ0) is 9.40. The number of carbonyl (C=O) groups excluding carboxylic acids is 1. The molecule has 0 bridgehead atoms. The van der Waals surface area contributed by atoms with Crippen molar-refractivity contribution in [3.63, 3.8) is 0 Å². The van der Waals surface area contributed by atoms with Gasteiger partial charge in [-0.25, -0.2) is 0 Å². The molecule has 0 unspecified atom stereocenters. The number of rotatable bonds is 5. The Balaban J connectivity index is 3.37. The molecule has 0 heterocycles. The van der Waals surface area contributed by atoms with E-state index in [1.165, 1.54) is 0 Å². The molecule has 0 fully saturated rings. The molecule has 0 aliphatic heterocycles. The lowest BCUT2D eigenvalue weighted by atomic mass is 10.1. The van der Waals surface area contributed by atoms with Crippen LogP contribution in [-0.2, 0) is 9.63 Å². The second kappa shape index (κ2) is 6.49. The average Bonchev–Trinajstić information content (AvgIpc) is 2.00. The molecular formula is C7H13N3O2. The molecule has 12 heavy (non-hydrogen) atoms. The zero-order valence-corrected chi connectivity index (χ0v) is 7.36. The Morgan fingerprint density at radius 3 is 2.83 bits per heavy atom. The first-order valence-corrected chi connectivity index (χ1v) is 3.91. The van der Waals surface area contributed by atoms with Gasteiger partial charge < -0.3 is 4.84 Å². The van der Waals surface area contributed by atoms with Gasteiger partial charge in [0.25, 0.3) is 0 Å². The molecule has 0 spiro atoms. The van der Waals surface area contributed by atoms with Gasteiger partial charge in [0.15, 0.2) is 0 Å². The molecular weight excluding hydrogens is 158 g/mol. The molecule has 0 aliphatic rings. The predicted molar refractivity (Wildman–Crippen MR) is 43.9 cm³/mol. The summed E-state index contributed by atoms with van der Waals surface area (Å²) in [7, 11) is 0. The minimum absolute atomic E-state index is 0.317. The van der Waals surface area contributed by atoms with E-state index in [0.717, 1.165) is 12.8 Å². The highest BCUT2D eigenvalue weighted by Crippen LogP contribution is 2.06. The summed E-state index contributed by atoms with van der Waals surface area (Å²) < 4.78 is 0. The van der Waals surface area contributed by atoms with Crippen LogP contribution in [0.5, 0.6) is 0 Å². The Hall–Kier alpha value is -1.22. The lowest BCUT2D eigenvalue weighted by Crippen LogP contribution is -1.99. The van der Waals surface area contributed by atoms with Crippen LogP contribution >= 0.6 is 0 Å². The van der Waals surface area contributed by atoms with Crippen molar-refractivity contribution in [3.8, 4) is 0 Å². The van der Waals surface area contributed by atoms with Gasteiger partial charge >= 0.3 is 5.97 Å². The first kappa shape index (κ1) is 10.8. The van der Waals surface area contributed by atoms with Gasteiger partial charge in [-0.2, -0.15) is 0 Å². The normalized spacial score (nSPS) is 9.25. The van der Waals surface area contributed by atoms with Crippen LogP contribution in [0.15, 0.2) is 5.28 Å². The number of carbonyl (C=O) groups is 1. The minimum atomic E-state index is -0.464. The van der Waals surface area contributed by atoms with Crippen molar-refractivity contribution in [2.45, 2.75) is 33.1 Å². The van der Waals surface area contributed by atoms with Crippen LogP contribution in [0.2, 0.25) is 0 Å². The molecule has 0 saturated heterocycles. The summed E-state index contributed by atoms with van der Waals surface area (Å²) in [6.45, 7) is 4.16. The Labute approximate surface area is 71.3 Å². The van der Waals surface area contributed by atoms with Crippen molar-refractivity contribution >= 4 is 5.97 Å². The van der Waals surface area contributed by atoms with E-state index in [0.29, 0.717) is 12.3 Å². The van der Waals surface area contributed by atoms with Crippen molar-refractivity contribution in [2.75, 3.05) is 0 Å². The summed E-state index contributed by atoms with van der Waals surface area (Å²) in [4.78, 5) is 17.1. The van der Waals surface area contributed by atoms with Crippen molar-refractivity contribution in [2.24, 2.45) is 11.2 Å². The summed E-state index contributed by atoms with van der Waals surface area (Å²) in [6.07, 6.45) is 2.07. The molecule has 0 aliphatic carbocycles. The lowest BCUT2D eigenvalue weighted by molar-refractivity contribution is -0.144. The largest absolute Gasteiger partial charge is 0.359 e. The number of hydrogen-bond acceptors (Lipinski definition) is 3. The Morgan fingerprint density at radius 1 is 1.67 bits per heavy atom. The first-order valence-electron chi connectivity index (χ1n) is 3.91. The third-order valence-corrected chi connectivity index (χ3v) is 1.34. The molecule has 0 saturated carbocycles. The molecule has 0 rings (SSSR count). The van der Waals surface area contributed by atoms with Gasteiger partial charge in [0.2, 0.25) is 0 Å². The van der Waals surface area contributed by atoms with Crippen LogP contribution in [0.3, 0.4) is 0 Å². The van der Waals surface area contributed by atoms with Crippen LogP contribution in [0.4, 0.5) is 0 Å². The second-order valence-electron chi connectivity index (χ2n) is 2.92. The third-order valence-electron chi connectivity index (χ3n) is 1.34. The van der Waals surface area contributed by atoms with Crippen molar-refractivity contribution in [3.05, 3.63) is 10.4 Å². The van der Waals surface area contributed by atoms with E-state index < -0.39 is 5.97 Å². The van der Waals surface area contributed by atoms with Crippen molar-refractivity contribution in [1.29, 1.82) is 0 Å². The van der Waals surface area contributed by atoms with E-state index >= 15 is 0 Å². The molecule has 5 nitrogen and oxygen atoms in total. The van der Waals surface area contributed by atoms with E-state index in [9.17, 15) is 4.79 Å². The smallest absolute Gasteiger partial charge is 0.317 e. The molecule has 0 aromatic rings. The Bertz CT molecular complexity index is 185. The lowest BCUT2D eigenvalue weighted by Gasteiger charge is -2.01. The van der Waals surface area contributed by atoms with Gasteiger partial charge in [-0.05, 0) is 17.9 Å². The van der Waals surface area contributed by atoms with Gasteiger partial charge in [-0.3, -0.25) is 4.79 Å². The summed E-state index contributed by atoms with van der Waals surface area (Å²) in [5.74, 6) is 0.116. The molecule has 0 atom stereocenters. The highest BCUT2D eigenvalue weighted by molar-refractivity contribution is 5.68. The maximum absolute atomic E-state index is 10.7. The minimum Gasteiger partial charge on any atom is -0.359 e. The molecule has 5 heteroatoms. The van der Waals surface area contributed by atoms with E-state index in [-0.39, 0.29) is 0 Å². The van der Waals surface area contributed by atoms with E-state index in [1.54, 1.807) is 0 Å². The summed E-state index contributed by atoms with van der Waals surface area (Å²) in [6, 6.07) is 0. The van der Waals surface area contributed by atoms with Crippen LogP contribution in [0.25, 0.3) is 10.4 Å². The Morgan fingerprint density at radius 2 is 2.33 bits per heavy atom. The summed E-state index contributed by atoms with van der Waals surface area (Å²) in [5.41, 5.74) is 7.81. The standard InChI is InChI=1S/C7H13N3O2/c1-6(2)4-3-5-7(11)12-10-9-8/h6H,3-5H2,1-2H3. The van der Waals surface area contributed by atoms with E-state index in [4.69, 9.17) is 5.53 Å². The van der Waals surface area contributed by atoms with Crippen LogP contribution < -0.4 is 0 Å². The molecule has 68 valence electrons. The summed E-state index contributed by atoms with van der Waals surface area (Å²) in [5, 5.41) is 2.70. The van der Waals surface area contributed by atoms with Gasteiger partial charge in [0.1, 0.15) is 5.28 Å². The number of nitrogens with zero attached hydrogens (tertiary/aromatic N) is 3. The molecule has 0 aromatic heterocycles. The second-order valence-corrected chi connectivity index (χ2v) is 2.92. The third kappa shape index (κ3) is 6.89. The van der Waals surface area contributed by atoms with Crippen LogP contribution in [0, 0.1) is 5.92 Å². The van der Waals surface area contributed by atoms with Gasteiger partial charge in [-0.15, -0.1) is 0 Å². The molecule has 0 amide bonds. The number of azide groups is 1. The topological polar surface area (TPSA) is 75.1 Å². The maximum Gasteiger partial charge on any atom is 0.317 e. The fourth-order valence-electron chi connectivity index (χ4n) is 0.764. The molecule has 0 radical (unpaired) electrons. The first-order chi connectivity index (χ1) is 5.66. The van der Waals surface area contributed by atoms with Crippen LogP contribution in [-0.4, -0.2) is 5.97 Å². The van der Waals surface area contributed by atoms with Gasteiger partial charge in [-0.1, -0.05) is 20.3 Å². The number of hydrogen-bond donors (Lipinski definition) is 0. The fourth-order valence-corrected chi connectivity index (χ4v) is 0.764. The van der Waals surface area contributed by atoms with Crippen LogP contribution in [0.1, 0.15) is 33.1 Å². The van der Waals surface area contributed by atoms with E-state index in [1.807, 2.05) is 0 Å². The summed E-state index contributed by atoms with van der Waals surface area (Å²) >= 11 is 0. The molecule has 0 aromatic carbocycles. The quantitative estimate of drug-likeness (QED) is 0.276. The SMILES string of the molecule is CC(C)CCCC(=O)ON=[N+]=[N-]. The maximum atomic E-state index is 10.7. The van der Waals surface area contributed by atoms with E-state index in [2.05, 4.69) is 28.9 Å². The average molecular weight is 171 g/mol. The highest BCUT2D eigenvalue weighted by atomic mass is 16.7. The fraction of sp³-hybridized carbons (Fsp3) is 0.857. The van der Waals surface area contributed by atoms with Gasteiger partial charge in [0, 0.05) is 11.3 Å². The Kier molecular flexibility index (Phi) is 5.83. The predicted octanol–water partition coefficient (Wildman–Crippen LogP) is 2.58. The van der Waals surface area contributed by atoms with Gasteiger partial charge in [0.05, 0.1) is 0 Å². The highest BCUT2D eigenvalue weighted by Gasteiger charge is 2.02. The molecule has 0 N–H and O–H groups in total. The van der Waals surface area contributed by atoms with Crippen molar-refractivity contribution < 1.29 is 9.63 Å². The zero-order valence-electron chi connectivity index (χ0n) is 7.36.